The summed E-state index contributed by atoms with van der Waals surface area (Å²) in [4.78, 5) is 0. The largest absolute Gasteiger partial charge is 0.225 e. The first-order valence-corrected chi connectivity index (χ1v) is 4.12. The van der Waals surface area contributed by atoms with Gasteiger partial charge in [0.15, 0.2) is 0 Å². The Kier molecular flexibility index (Phi) is 5.66. The van der Waals surface area contributed by atoms with Gasteiger partial charge in [0, 0.05) is 0 Å². The van der Waals surface area contributed by atoms with Gasteiger partial charge in [-0.2, -0.15) is 0 Å². The third kappa shape index (κ3) is 4.47. The quantitative estimate of drug-likeness (QED) is 0.538. The SMILES string of the molecule is CCC(C)CSC[O]. The average molecular weight is 133 g/mol. The lowest BCUT2D eigenvalue weighted by atomic mass is 10.2. The fourth-order valence-electron chi connectivity index (χ4n) is 0.367. The summed E-state index contributed by atoms with van der Waals surface area (Å²) in [6.45, 7) is 4.32. The van der Waals surface area contributed by atoms with Gasteiger partial charge in [0.25, 0.3) is 0 Å². The predicted molar refractivity (Wildman–Crippen MR) is 37.5 cm³/mol. The third-order valence-corrected chi connectivity index (χ3v) is 2.15. The highest BCUT2D eigenvalue weighted by Gasteiger charge is 1.95. The molecule has 8 heavy (non-hydrogen) atoms. The summed E-state index contributed by atoms with van der Waals surface area (Å²) in [7, 11) is 0. The van der Waals surface area contributed by atoms with Crippen LogP contribution in [-0.4, -0.2) is 11.7 Å². The topological polar surface area (TPSA) is 19.9 Å². The maximum absolute atomic E-state index is 9.91. The smallest absolute Gasteiger partial charge is 0.128 e. The predicted octanol–water partition coefficient (Wildman–Crippen LogP) is 2.15. The molecule has 0 saturated heterocycles. The Bertz CT molecular complexity index is 47.8. The maximum Gasteiger partial charge on any atom is 0.128 e. The summed E-state index contributed by atoms with van der Waals surface area (Å²) < 4.78 is 0. The first-order valence-electron chi connectivity index (χ1n) is 2.97. The van der Waals surface area contributed by atoms with E-state index in [0.717, 1.165) is 5.75 Å². The van der Waals surface area contributed by atoms with Gasteiger partial charge in [-0.05, 0) is 11.7 Å². The van der Waals surface area contributed by atoms with Crippen molar-refractivity contribution < 1.29 is 5.11 Å². The molecule has 0 aliphatic rings. The lowest BCUT2D eigenvalue weighted by molar-refractivity contribution is 0.260. The van der Waals surface area contributed by atoms with Gasteiger partial charge in [0.05, 0.1) is 0 Å². The molecule has 0 aliphatic carbocycles. The molecule has 0 fully saturated rings. The van der Waals surface area contributed by atoms with Gasteiger partial charge in [0.2, 0.25) is 0 Å². The Labute approximate surface area is 55.5 Å². The third-order valence-electron chi connectivity index (χ3n) is 1.18. The zero-order chi connectivity index (χ0) is 6.41. The number of thioether (sulfide) groups is 1. The number of hydrogen-bond acceptors (Lipinski definition) is 1. The van der Waals surface area contributed by atoms with Crippen LogP contribution in [0.4, 0.5) is 0 Å². The van der Waals surface area contributed by atoms with Crippen LogP contribution in [-0.2, 0) is 5.11 Å². The zero-order valence-corrected chi connectivity index (χ0v) is 6.33. The minimum atomic E-state index is 0.0182. The number of rotatable bonds is 4. The van der Waals surface area contributed by atoms with Crippen molar-refractivity contribution in [3.63, 3.8) is 0 Å². The molecule has 0 aliphatic heterocycles. The summed E-state index contributed by atoms with van der Waals surface area (Å²) in [5.74, 6) is 1.76. The molecule has 2 heteroatoms. The molecule has 1 radical (unpaired) electrons. The van der Waals surface area contributed by atoms with Gasteiger partial charge in [-0.3, -0.25) is 0 Å². The second-order valence-electron chi connectivity index (χ2n) is 2.00. The zero-order valence-electron chi connectivity index (χ0n) is 5.52. The average Bonchev–Trinajstić information content (AvgIpc) is 1.83. The van der Waals surface area contributed by atoms with E-state index < -0.39 is 0 Å². The second-order valence-corrected chi connectivity index (χ2v) is 2.98. The van der Waals surface area contributed by atoms with Crippen LogP contribution in [0.25, 0.3) is 0 Å². The number of hydrogen-bond donors (Lipinski definition) is 0. The van der Waals surface area contributed by atoms with E-state index in [-0.39, 0.29) is 5.94 Å². The first kappa shape index (κ1) is 8.31. The molecule has 0 aromatic carbocycles. The van der Waals surface area contributed by atoms with E-state index in [9.17, 15) is 5.11 Å². The molecular weight excluding hydrogens is 120 g/mol. The lowest BCUT2D eigenvalue weighted by Crippen LogP contribution is -1.95. The Morgan fingerprint density at radius 2 is 2.25 bits per heavy atom. The van der Waals surface area contributed by atoms with E-state index in [4.69, 9.17) is 0 Å². The highest BCUT2D eigenvalue weighted by Crippen LogP contribution is 2.09. The van der Waals surface area contributed by atoms with Crippen molar-refractivity contribution in [2.24, 2.45) is 5.92 Å². The second kappa shape index (κ2) is 5.45. The molecular formula is C6H13OS. The Hall–Kier alpha value is 0.310. The van der Waals surface area contributed by atoms with Gasteiger partial charge in [-0.15, -0.1) is 11.8 Å². The van der Waals surface area contributed by atoms with Crippen molar-refractivity contribution in [3.8, 4) is 0 Å². The Morgan fingerprint density at radius 3 is 2.62 bits per heavy atom. The summed E-state index contributed by atoms with van der Waals surface area (Å²) in [6.07, 6.45) is 1.19. The first-order chi connectivity index (χ1) is 3.81. The normalized spacial score (nSPS) is 13.9. The minimum Gasteiger partial charge on any atom is -0.225 e. The van der Waals surface area contributed by atoms with Gasteiger partial charge in [-0.1, -0.05) is 20.3 Å². The van der Waals surface area contributed by atoms with Crippen molar-refractivity contribution in [2.75, 3.05) is 11.7 Å². The van der Waals surface area contributed by atoms with E-state index in [0.29, 0.717) is 5.92 Å². The molecule has 0 N–H and O–H groups in total. The molecule has 0 saturated carbocycles. The molecule has 1 unspecified atom stereocenters. The van der Waals surface area contributed by atoms with Crippen LogP contribution >= 0.6 is 11.8 Å². The van der Waals surface area contributed by atoms with Crippen LogP contribution in [0.15, 0.2) is 0 Å². The molecule has 49 valence electrons. The Balaban J connectivity index is 2.86. The van der Waals surface area contributed by atoms with Crippen LogP contribution < -0.4 is 0 Å². The molecule has 0 aromatic rings. The minimum absolute atomic E-state index is 0.0182. The molecule has 0 bridgehead atoms. The highest BCUT2D eigenvalue weighted by molar-refractivity contribution is 7.99. The molecule has 1 atom stereocenters. The van der Waals surface area contributed by atoms with E-state index in [1.54, 1.807) is 0 Å². The van der Waals surface area contributed by atoms with Crippen LogP contribution in [0.1, 0.15) is 20.3 Å². The summed E-state index contributed by atoms with van der Waals surface area (Å²) in [5.41, 5.74) is 0. The molecule has 0 spiro atoms. The lowest BCUT2D eigenvalue weighted by Gasteiger charge is -2.03. The van der Waals surface area contributed by atoms with E-state index in [1.165, 1.54) is 18.2 Å². The van der Waals surface area contributed by atoms with Crippen LogP contribution in [0, 0.1) is 5.92 Å². The molecule has 1 nitrogen and oxygen atoms in total. The fourth-order valence-corrected chi connectivity index (χ4v) is 1.10. The van der Waals surface area contributed by atoms with Crippen molar-refractivity contribution in [1.29, 1.82) is 0 Å². The fraction of sp³-hybridized carbons (Fsp3) is 1.00. The van der Waals surface area contributed by atoms with Gasteiger partial charge < -0.3 is 0 Å². The molecule has 0 aromatic heterocycles. The van der Waals surface area contributed by atoms with E-state index in [1.807, 2.05) is 0 Å². The van der Waals surface area contributed by atoms with Gasteiger partial charge in [0.1, 0.15) is 5.94 Å². The van der Waals surface area contributed by atoms with Crippen molar-refractivity contribution >= 4 is 11.8 Å². The van der Waals surface area contributed by atoms with E-state index >= 15 is 0 Å². The highest BCUT2D eigenvalue weighted by atomic mass is 32.2. The summed E-state index contributed by atoms with van der Waals surface area (Å²) in [6, 6.07) is 0. The molecule has 0 amide bonds. The van der Waals surface area contributed by atoms with Gasteiger partial charge >= 0.3 is 0 Å². The van der Waals surface area contributed by atoms with Crippen LogP contribution in [0.3, 0.4) is 0 Å². The van der Waals surface area contributed by atoms with Crippen molar-refractivity contribution in [1.82, 2.24) is 0 Å². The monoisotopic (exact) mass is 133 g/mol. The van der Waals surface area contributed by atoms with Gasteiger partial charge in [-0.25, -0.2) is 5.11 Å². The van der Waals surface area contributed by atoms with Crippen molar-refractivity contribution in [2.45, 2.75) is 20.3 Å². The molecule has 0 heterocycles. The van der Waals surface area contributed by atoms with Crippen LogP contribution in [0.2, 0.25) is 0 Å². The molecule has 0 rings (SSSR count). The van der Waals surface area contributed by atoms with Crippen molar-refractivity contribution in [3.05, 3.63) is 0 Å². The maximum atomic E-state index is 9.91. The summed E-state index contributed by atoms with van der Waals surface area (Å²) >= 11 is 1.49. The summed E-state index contributed by atoms with van der Waals surface area (Å²) in [5, 5.41) is 9.91. The standard InChI is InChI=1S/C6H13OS/c1-3-6(2)4-8-5-7/h6H,3-5H2,1-2H3. The van der Waals surface area contributed by atoms with E-state index in [2.05, 4.69) is 13.8 Å². The Morgan fingerprint density at radius 1 is 1.62 bits per heavy atom. The van der Waals surface area contributed by atoms with Crippen LogP contribution in [0.5, 0.6) is 0 Å².